The molecule has 0 aliphatic carbocycles. The average molecular weight is 263 g/mol. The minimum Gasteiger partial charge on any atom is -0.443 e. The Hall–Kier alpha value is -1.04. The third kappa shape index (κ3) is 2.47. The van der Waals surface area contributed by atoms with Crippen LogP contribution in [0.1, 0.15) is 18.4 Å². The van der Waals surface area contributed by atoms with E-state index in [4.69, 9.17) is 9.26 Å². The Morgan fingerprint density at radius 2 is 2.43 bits per heavy atom. The topological polar surface area (TPSA) is 64.4 Å². The number of aromatic nitrogens is 1. The lowest BCUT2D eigenvalue weighted by Gasteiger charge is -2.00. The summed E-state index contributed by atoms with van der Waals surface area (Å²) in [6.07, 6.45) is 0.256. The van der Waals surface area contributed by atoms with Crippen LogP contribution in [-0.4, -0.2) is 18.3 Å². The Bertz CT molecular complexity index is 324. The summed E-state index contributed by atoms with van der Waals surface area (Å²) in [4.78, 5) is 10.8. The molecule has 1 heterocycles. The van der Waals surface area contributed by atoms with Crippen molar-refractivity contribution in [3.8, 4) is 0 Å². The van der Waals surface area contributed by atoms with Crippen LogP contribution in [0.25, 0.3) is 0 Å². The normalized spacial score (nSPS) is 9.93. The Morgan fingerprint density at radius 3 is 2.93 bits per heavy atom. The van der Waals surface area contributed by atoms with Gasteiger partial charge in [0, 0.05) is 13.5 Å². The first kappa shape index (κ1) is 11.0. The fraction of sp³-hybridized carbons (Fsp3) is 0.500. The molecular weight excluding hydrogens is 252 g/mol. The van der Waals surface area contributed by atoms with Gasteiger partial charge in [-0.15, -0.1) is 0 Å². The number of alkyl carbamates (subject to hydrolysis) is 1. The van der Waals surface area contributed by atoms with E-state index in [1.165, 1.54) is 7.05 Å². The summed E-state index contributed by atoms with van der Waals surface area (Å²) < 4.78 is 10.6. The molecule has 1 aromatic rings. The molecule has 1 N–H and O–H groups in total. The number of carbonyl (C=O) groups excluding carboxylic acids is 1. The highest BCUT2D eigenvalue weighted by Gasteiger charge is 2.13. The molecular formula is C8H11BrN2O3. The number of ether oxygens (including phenoxy) is 1. The van der Waals surface area contributed by atoms with Crippen LogP contribution in [0.3, 0.4) is 0 Å². The van der Waals surface area contributed by atoms with Crippen molar-refractivity contribution in [1.29, 1.82) is 0 Å². The second kappa shape index (κ2) is 4.99. The number of rotatable bonds is 3. The van der Waals surface area contributed by atoms with Gasteiger partial charge in [-0.05, 0) is 15.9 Å². The first-order valence-corrected chi connectivity index (χ1v) is 4.95. The Balaban J connectivity index is 2.59. The van der Waals surface area contributed by atoms with Crippen molar-refractivity contribution in [2.75, 3.05) is 7.05 Å². The van der Waals surface area contributed by atoms with Gasteiger partial charge in [0.2, 0.25) is 0 Å². The van der Waals surface area contributed by atoms with Crippen molar-refractivity contribution >= 4 is 22.0 Å². The maximum Gasteiger partial charge on any atom is 0.407 e. The molecule has 1 rings (SSSR count). The van der Waals surface area contributed by atoms with E-state index in [1.54, 1.807) is 0 Å². The second-order valence-electron chi connectivity index (χ2n) is 2.55. The highest BCUT2D eigenvalue weighted by atomic mass is 79.9. The summed E-state index contributed by atoms with van der Waals surface area (Å²) in [5, 5.41) is 6.11. The third-order valence-corrected chi connectivity index (χ3v) is 2.53. The van der Waals surface area contributed by atoms with Gasteiger partial charge < -0.3 is 14.6 Å². The number of halogens is 1. The van der Waals surface area contributed by atoms with Gasteiger partial charge in [0.1, 0.15) is 12.3 Å². The lowest BCUT2D eigenvalue weighted by molar-refractivity contribution is 0.139. The van der Waals surface area contributed by atoms with Crippen LogP contribution in [0.15, 0.2) is 9.00 Å². The van der Waals surface area contributed by atoms with Crippen LogP contribution < -0.4 is 5.32 Å². The smallest absolute Gasteiger partial charge is 0.407 e. The molecule has 14 heavy (non-hydrogen) atoms. The molecule has 0 bridgehead atoms. The minimum atomic E-state index is -0.488. The van der Waals surface area contributed by atoms with Crippen molar-refractivity contribution < 1.29 is 14.1 Å². The van der Waals surface area contributed by atoms with Gasteiger partial charge in [0.05, 0.1) is 4.47 Å². The molecule has 0 aromatic carbocycles. The molecule has 78 valence electrons. The van der Waals surface area contributed by atoms with Crippen LogP contribution in [-0.2, 0) is 17.8 Å². The summed E-state index contributed by atoms with van der Waals surface area (Å²) >= 11 is 3.32. The number of amides is 1. The van der Waals surface area contributed by atoms with E-state index in [2.05, 4.69) is 26.4 Å². The van der Waals surface area contributed by atoms with E-state index in [9.17, 15) is 4.79 Å². The quantitative estimate of drug-likeness (QED) is 0.903. The summed E-state index contributed by atoms with van der Waals surface area (Å²) in [5.41, 5.74) is 0.588. The third-order valence-electron chi connectivity index (χ3n) is 1.63. The number of hydrogen-bond acceptors (Lipinski definition) is 4. The predicted octanol–water partition coefficient (Wildman–Crippen LogP) is 1.86. The molecule has 5 nitrogen and oxygen atoms in total. The Kier molecular flexibility index (Phi) is 3.94. The number of carbonyl (C=O) groups is 1. The average Bonchev–Trinajstić information content (AvgIpc) is 2.56. The van der Waals surface area contributed by atoms with Crippen LogP contribution in [0, 0.1) is 0 Å². The van der Waals surface area contributed by atoms with Crippen molar-refractivity contribution in [2.45, 2.75) is 20.0 Å². The zero-order chi connectivity index (χ0) is 10.6. The van der Waals surface area contributed by atoms with Crippen molar-refractivity contribution in [3.63, 3.8) is 0 Å². The minimum absolute atomic E-state index is 0.101. The number of hydrogen-bond donors (Lipinski definition) is 1. The molecule has 0 aliphatic heterocycles. The maximum atomic E-state index is 10.8. The van der Waals surface area contributed by atoms with E-state index in [0.29, 0.717) is 5.69 Å². The Labute approximate surface area is 89.9 Å². The van der Waals surface area contributed by atoms with Gasteiger partial charge in [-0.1, -0.05) is 12.1 Å². The van der Waals surface area contributed by atoms with Crippen LogP contribution >= 0.6 is 15.9 Å². The molecule has 6 heteroatoms. The lowest BCUT2D eigenvalue weighted by atomic mass is 10.3. The molecule has 0 aliphatic rings. The monoisotopic (exact) mass is 262 g/mol. The summed E-state index contributed by atoms with van der Waals surface area (Å²) in [7, 11) is 1.50. The first-order valence-electron chi connectivity index (χ1n) is 4.16. The van der Waals surface area contributed by atoms with Gasteiger partial charge in [0.15, 0.2) is 5.76 Å². The van der Waals surface area contributed by atoms with E-state index in [0.717, 1.165) is 16.7 Å². The van der Waals surface area contributed by atoms with Crippen molar-refractivity contribution in [2.24, 2.45) is 0 Å². The molecule has 0 atom stereocenters. The lowest BCUT2D eigenvalue weighted by Crippen LogP contribution is -2.19. The van der Waals surface area contributed by atoms with Gasteiger partial charge in [-0.3, -0.25) is 0 Å². The molecule has 0 saturated carbocycles. The number of nitrogens with zero attached hydrogens (tertiary/aromatic N) is 1. The van der Waals surface area contributed by atoms with Crippen LogP contribution in [0.2, 0.25) is 0 Å². The maximum absolute atomic E-state index is 10.8. The fourth-order valence-electron chi connectivity index (χ4n) is 0.867. The summed E-state index contributed by atoms with van der Waals surface area (Å²) in [6, 6.07) is 0. The largest absolute Gasteiger partial charge is 0.443 e. The van der Waals surface area contributed by atoms with E-state index >= 15 is 0 Å². The summed E-state index contributed by atoms with van der Waals surface area (Å²) in [5.74, 6) is 0.750. The van der Waals surface area contributed by atoms with E-state index < -0.39 is 6.09 Å². The molecule has 0 radical (unpaired) electrons. The summed E-state index contributed by atoms with van der Waals surface area (Å²) in [6.45, 7) is 2.05. The second-order valence-corrected chi connectivity index (χ2v) is 3.34. The highest BCUT2D eigenvalue weighted by Crippen LogP contribution is 2.22. The molecule has 0 unspecified atom stereocenters. The van der Waals surface area contributed by atoms with Crippen molar-refractivity contribution in [3.05, 3.63) is 15.9 Å². The fourth-order valence-corrected chi connectivity index (χ4v) is 1.41. The SMILES string of the molecule is CCc1onc(COC(=O)NC)c1Br. The van der Waals surface area contributed by atoms with Crippen LogP contribution in [0.4, 0.5) is 4.79 Å². The number of aryl methyl sites for hydroxylation is 1. The molecule has 0 spiro atoms. The van der Waals surface area contributed by atoms with Crippen LogP contribution in [0.5, 0.6) is 0 Å². The van der Waals surface area contributed by atoms with Gasteiger partial charge in [0.25, 0.3) is 0 Å². The van der Waals surface area contributed by atoms with Gasteiger partial charge >= 0.3 is 6.09 Å². The number of nitrogens with one attached hydrogen (secondary N) is 1. The molecule has 1 aromatic heterocycles. The molecule has 0 fully saturated rings. The first-order chi connectivity index (χ1) is 6.69. The van der Waals surface area contributed by atoms with E-state index in [-0.39, 0.29) is 6.61 Å². The van der Waals surface area contributed by atoms with Gasteiger partial charge in [-0.2, -0.15) is 0 Å². The predicted molar refractivity (Wildman–Crippen MR) is 52.8 cm³/mol. The molecule has 1 amide bonds. The zero-order valence-corrected chi connectivity index (χ0v) is 9.55. The standard InChI is InChI=1S/C8H11BrN2O3/c1-3-6-7(9)5(11-14-6)4-13-8(12)10-2/h3-4H2,1-2H3,(H,10,12). The van der Waals surface area contributed by atoms with Crippen molar-refractivity contribution in [1.82, 2.24) is 10.5 Å². The Morgan fingerprint density at radius 1 is 1.71 bits per heavy atom. The highest BCUT2D eigenvalue weighted by molar-refractivity contribution is 9.10. The van der Waals surface area contributed by atoms with E-state index in [1.807, 2.05) is 6.92 Å². The van der Waals surface area contributed by atoms with Gasteiger partial charge in [-0.25, -0.2) is 4.79 Å². The zero-order valence-electron chi connectivity index (χ0n) is 7.96. The molecule has 0 saturated heterocycles.